The molecule has 21 heterocycles. The summed E-state index contributed by atoms with van der Waals surface area (Å²) < 4.78 is 45.5. The summed E-state index contributed by atoms with van der Waals surface area (Å²) in [6.45, 7) is 11.1. The molecule has 20 aliphatic rings. The molecule has 0 N–H and O–H groups in total. The minimum Gasteiger partial charge on any atom is -0.493 e. The first-order valence-corrected chi connectivity index (χ1v) is 30.4. The van der Waals surface area contributed by atoms with Gasteiger partial charge < -0.3 is 33.2 Å². The van der Waals surface area contributed by atoms with Crippen LogP contribution in [-0.2, 0) is 4.74 Å². The summed E-state index contributed by atoms with van der Waals surface area (Å²) in [6, 6.07) is 57.4. The van der Waals surface area contributed by atoms with Crippen LogP contribution in [0, 0.1) is 16.7 Å². The van der Waals surface area contributed by atoms with Crippen LogP contribution in [0.2, 0.25) is 0 Å². The third kappa shape index (κ3) is 12.4. The molecule has 0 saturated carbocycles. The smallest absolute Gasteiger partial charge is 0.221 e. The fourth-order valence-electron chi connectivity index (χ4n) is 11.8. The lowest BCUT2D eigenvalue weighted by atomic mass is 9.79. The molecule has 4 atom stereocenters. The first kappa shape index (κ1) is 55.3. The number of ether oxygens (including phenoxy) is 7. The number of hydrogen-bond acceptors (Lipinski definition) is 11. The number of pyridine rings is 4. The Hall–Kier alpha value is -9.58. The molecule has 9 aromatic rings. The van der Waals surface area contributed by atoms with E-state index in [0.29, 0.717) is 78.5 Å². The van der Waals surface area contributed by atoms with Gasteiger partial charge in [0.15, 0.2) is 11.3 Å². The molecule has 0 fully saturated rings. The quantitative estimate of drug-likeness (QED) is 0.165. The topological polar surface area (TPSA) is 116 Å². The van der Waals surface area contributed by atoms with E-state index in [-0.39, 0.29) is 22.7 Å². The molecule has 4 unspecified atom stereocenters. The van der Waals surface area contributed by atoms with Gasteiger partial charge in [0.1, 0.15) is 34.5 Å². The van der Waals surface area contributed by atoms with Crippen LogP contribution in [0.4, 0.5) is 0 Å². The van der Waals surface area contributed by atoms with Gasteiger partial charge in [0, 0.05) is 64.1 Å². The van der Waals surface area contributed by atoms with Crippen molar-refractivity contribution in [2.24, 2.45) is 16.7 Å². The molecule has 87 heavy (non-hydrogen) atoms. The molecule has 29 rings (SSSR count). The molecule has 5 aromatic carbocycles. The van der Waals surface area contributed by atoms with Crippen LogP contribution in [-0.4, -0.2) is 46.4 Å². The predicted octanol–water partition coefficient (Wildman–Crippen LogP) is 18.7. The largest absolute Gasteiger partial charge is 0.493 e. The second-order valence-corrected chi connectivity index (χ2v) is 24.2. The van der Waals surface area contributed by atoms with E-state index < -0.39 is 0 Å². The van der Waals surface area contributed by atoms with Crippen molar-refractivity contribution in [3.05, 3.63) is 245 Å². The maximum Gasteiger partial charge on any atom is 0.221 e. The lowest BCUT2D eigenvalue weighted by molar-refractivity contribution is -0.0287. The van der Waals surface area contributed by atoms with Crippen molar-refractivity contribution >= 4 is 44.4 Å². The third-order valence-electron chi connectivity index (χ3n) is 17.7. The van der Waals surface area contributed by atoms with Gasteiger partial charge in [0.05, 0.1) is 26.4 Å². The minimum atomic E-state index is -0.203. The molecule has 17 aliphatic heterocycles. The van der Waals surface area contributed by atoms with Crippen LogP contribution in [0.3, 0.4) is 0 Å². The molecular weight excluding hydrogens is 1080 g/mol. The zero-order valence-electron chi connectivity index (χ0n) is 49.5. The van der Waals surface area contributed by atoms with Crippen molar-refractivity contribution < 1.29 is 33.2 Å². The van der Waals surface area contributed by atoms with Crippen molar-refractivity contribution in [2.45, 2.75) is 72.1 Å². The van der Waals surface area contributed by atoms with E-state index in [0.717, 1.165) is 106 Å². The van der Waals surface area contributed by atoms with Gasteiger partial charge in [-0.2, -0.15) is 19.9 Å². The lowest BCUT2D eigenvalue weighted by Crippen LogP contribution is -2.35. The molecule has 24 bridgehead atoms. The van der Waals surface area contributed by atoms with Crippen LogP contribution in [0.15, 0.2) is 218 Å². The van der Waals surface area contributed by atoms with Gasteiger partial charge >= 0.3 is 0 Å². The van der Waals surface area contributed by atoms with Crippen molar-refractivity contribution in [1.29, 1.82) is 0 Å². The van der Waals surface area contributed by atoms with Crippen LogP contribution in [0.1, 0.15) is 100.0 Å². The van der Waals surface area contributed by atoms with E-state index in [1.54, 1.807) is 0 Å². The maximum atomic E-state index is 6.60. The van der Waals surface area contributed by atoms with E-state index in [2.05, 4.69) is 149 Å². The standard InChI is InChI=1S/C76H68N4O7/c1-5-75(3)45-81-46-76(4,6-2)48-83-64-25-9-50(10-26-64)58-41-61-44-62(42-58)54-17-33-68(34-18-54)87-72-38-22-56-20-36-70(78-74(56)80-72)85-66-29-13-52(14-30-66)60-40-57(49-7-23-63(24-8-49)82-47-75)39-59(43-60)51-11-27-65(28-12-51)84-69-35-19-55-21-37-71(79-73(55)77-69)86-67-31-15-53(61)16-32-67/h7-17,19-33,35-42,60,62H,5-6,18,34,43-48H2,1-4H3. The number of hydrogen-bond donors (Lipinski definition) is 0. The Morgan fingerprint density at radius 3 is 1.24 bits per heavy atom. The molecule has 0 spiro atoms. The molecular formula is C76H68N4O7. The Bertz CT molecular complexity index is 4240. The van der Waals surface area contributed by atoms with Crippen LogP contribution in [0.25, 0.3) is 44.4 Å². The first-order chi connectivity index (χ1) is 42.5. The van der Waals surface area contributed by atoms with Crippen molar-refractivity contribution in [3.63, 3.8) is 0 Å². The average Bonchev–Trinajstić information content (AvgIpc) is 2.33. The van der Waals surface area contributed by atoms with Gasteiger partial charge in [-0.15, -0.1) is 0 Å². The minimum absolute atomic E-state index is 0.0590. The predicted molar refractivity (Wildman–Crippen MR) is 344 cm³/mol. The molecule has 11 heteroatoms. The van der Waals surface area contributed by atoms with Gasteiger partial charge in [0.25, 0.3) is 0 Å². The number of allylic oxidation sites excluding steroid dienone is 12. The summed E-state index contributed by atoms with van der Waals surface area (Å²) in [7, 11) is 0. The molecule has 434 valence electrons. The Balaban J connectivity index is 0.859. The average molecular weight is 1150 g/mol. The summed E-state index contributed by atoms with van der Waals surface area (Å²) in [5.74, 6) is 6.50. The Morgan fingerprint density at radius 1 is 0.402 bits per heavy atom. The number of rotatable bonds is 2. The van der Waals surface area contributed by atoms with E-state index in [1.165, 1.54) is 16.7 Å². The summed E-state index contributed by atoms with van der Waals surface area (Å²) >= 11 is 0. The van der Waals surface area contributed by atoms with E-state index in [9.17, 15) is 0 Å². The second kappa shape index (κ2) is 23.7. The highest BCUT2D eigenvalue weighted by Gasteiger charge is 2.30. The number of aromatic nitrogens is 4. The summed E-state index contributed by atoms with van der Waals surface area (Å²) in [4.78, 5) is 19.4. The van der Waals surface area contributed by atoms with Crippen molar-refractivity contribution in [3.8, 4) is 52.3 Å². The van der Waals surface area contributed by atoms with Gasteiger partial charge in [-0.25, -0.2) is 0 Å². The van der Waals surface area contributed by atoms with Crippen LogP contribution in [0.5, 0.6) is 52.3 Å². The summed E-state index contributed by atoms with van der Waals surface area (Å²) in [5.41, 5.74) is 12.3. The van der Waals surface area contributed by atoms with Gasteiger partial charge in [-0.3, -0.25) is 0 Å². The Kier molecular flexibility index (Phi) is 15.1. The monoisotopic (exact) mass is 1150 g/mol. The summed E-state index contributed by atoms with van der Waals surface area (Å²) in [5, 5.41) is 1.76. The van der Waals surface area contributed by atoms with E-state index in [4.69, 9.17) is 53.1 Å². The van der Waals surface area contributed by atoms with Gasteiger partial charge in [-0.05, 0) is 173 Å². The van der Waals surface area contributed by atoms with Crippen molar-refractivity contribution in [2.75, 3.05) is 26.4 Å². The molecule has 0 amide bonds. The fourth-order valence-corrected chi connectivity index (χ4v) is 11.8. The highest BCUT2D eigenvalue weighted by atomic mass is 16.5. The SMILES string of the molecule is CCC1(C)COCC(C)(CC)COc2ccc(cc2)C2=CC3CC(=C2)c2ccc(cc2)Oc2ccc4ccc(nc4n2)Oc2ccc(cc2)C2=CC(=CC(C2)C2=CC=C(CC2)Oc2ccc4ccc(nc4n2)Oc2ccc3cc2)c2ccc(cc2)OC1. The molecule has 3 aliphatic carbocycles. The van der Waals surface area contributed by atoms with E-state index in [1.807, 2.05) is 84.9 Å². The van der Waals surface area contributed by atoms with Crippen molar-refractivity contribution in [1.82, 2.24) is 19.9 Å². The van der Waals surface area contributed by atoms with Crippen LogP contribution >= 0.6 is 0 Å². The van der Waals surface area contributed by atoms with Gasteiger partial charge in [0.2, 0.25) is 23.5 Å². The van der Waals surface area contributed by atoms with E-state index >= 15 is 0 Å². The molecule has 11 nitrogen and oxygen atoms in total. The number of benzene rings is 5. The zero-order valence-corrected chi connectivity index (χ0v) is 49.5. The highest BCUT2D eigenvalue weighted by molar-refractivity contribution is 5.88. The van der Waals surface area contributed by atoms with Gasteiger partial charge in [-0.1, -0.05) is 124 Å². The Labute approximate surface area is 508 Å². The highest BCUT2D eigenvalue weighted by Crippen LogP contribution is 2.44. The first-order valence-electron chi connectivity index (χ1n) is 30.4. The molecule has 0 saturated heterocycles. The second-order valence-electron chi connectivity index (χ2n) is 24.2. The lowest BCUT2D eigenvalue weighted by Gasteiger charge is -2.32. The fraction of sp³-hybridized carbons (Fsp3) is 0.237. The Morgan fingerprint density at radius 2 is 0.805 bits per heavy atom. The molecule has 4 aromatic heterocycles. The van der Waals surface area contributed by atoms with Crippen LogP contribution < -0.4 is 28.4 Å². The third-order valence-corrected chi connectivity index (χ3v) is 17.7. The number of nitrogens with zero attached hydrogens (tertiary/aromatic N) is 4. The maximum absolute atomic E-state index is 6.60. The summed E-state index contributed by atoms with van der Waals surface area (Å²) in [6.07, 6.45) is 18.7. The normalized spacial score (nSPS) is 21.1. The molecule has 0 radical (unpaired) electrons. The zero-order chi connectivity index (χ0) is 58.9.